The van der Waals surface area contributed by atoms with Crippen LogP contribution in [0.15, 0.2) is 12.2 Å². The Morgan fingerprint density at radius 2 is 2.38 bits per heavy atom. The normalized spacial score (nSPS) is 41.8. The summed E-state index contributed by atoms with van der Waals surface area (Å²) < 4.78 is -0.210. The van der Waals surface area contributed by atoms with E-state index in [1.54, 1.807) is 0 Å². The molecule has 72 valence electrons. The van der Waals surface area contributed by atoms with Crippen LogP contribution in [0.3, 0.4) is 0 Å². The summed E-state index contributed by atoms with van der Waals surface area (Å²) in [6, 6.07) is 0. The van der Waals surface area contributed by atoms with Crippen molar-refractivity contribution in [2.45, 2.75) is 23.6 Å². The van der Waals surface area contributed by atoms with Gasteiger partial charge in [0, 0.05) is 17.2 Å². The van der Waals surface area contributed by atoms with Crippen molar-refractivity contribution in [3.8, 4) is 0 Å². The standard InChI is InChI=1S/C10H12Br2O/c11-6-2-5-10(12)8-4-1-3-7(8)9(10)13/h1,4,7-8H,2-3,5-6H2/t7-,8+,10-/m1/s1. The first kappa shape index (κ1) is 9.91. The van der Waals surface area contributed by atoms with Crippen LogP contribution in [-0.2, 0) is 4.79 Å². The molecule has 2 aliphatic carbocycles. The van der Waals surface area contributed by atoms with Crippen LogP contribution in [0.5, 0.6) is 0 Å². The van der Waals surface area contributed by atoms with Crippen molar-refractivity contribution in [2.24, 2.45) is 11.8 Å². The molecule has 0 unspecified atom stereocenters. The number of ketones is 1. The van der Waals surface area contributed by atoms with Gasteiger partial charge in [-0.05, 0) is 19.3 Å². The van der Waals surface area contributed by atoms with Gasteiger partial charge in [0.25, 0.3) is 0 Å². The number of alkyl halides is 2. The first-order valence-electron chi connectivity index (χ1n) is 4.66. The zero-order valence-corrected chi connectivity index (χ0v) is 10.5. The lowest BCUT2D eigenvalue weighted by molar-refractivity contribution is -0.136. The van der Waals surface area contributed by atoms with Gasteiger partial charge in [-0.2, -0.15) is 0 Å². The molecule has 2 rings (SSSR count). The van der Waals surface area contributed by atoms with Gasteiger partial charge < -0.3 is 0 Å². The van der Waals surface area contributed by atoms with Crippen LogP contribution in [0.25, 0.3) is 0 Å². The fraction of sp³-hybridized carbons (Fsp3) is 0.700. The van der Waals surface area contributed by atoms with Crippen molar-refractivity contribution in [3.05, 3.63) is 12.2 Å². The molecular weight excluding hydrogens is 296 g/mol. The summed E-state index contributed by atoms with van der Waals surface area (Å²) in [6.45, 7) is 0. The summed E-state index contributed by atoms with van der Waals surface area (Å²) >= 11 is 7.02. The van der Waals surface area contributed by atoms with Crippen LogP contribution < -0.4 is 0 Å². The van der Waals surface area contributed by atoms with Gasteiger partial charge in [0.1, 0.15) is 0 Å². The van der Waals surface area contributed by atoms with E-state index in [1.807, 2.05) is 0 Å². The molecule has 0 saturated heterocycles. The fourth-order valence-electron chi connectivity index (χ4n) is 2.38. The van der Waals surface area contributed by atoms with E-state index >= 15 is 0 Å². The van der Waals surface area contributed by atoms with E-state index in [0.717, 1.165) is 24.6 Å². The predicted molar refractivity (Wildman–Crippen MR) is 60.4 cm³/mol. The second kappa shape index (κ2) is 3.50. The molecule has 1 nitrogen and oxygen atoms in total. The van der Waals surface area contributed by atoms with Crippen molar-refractivity contribution in [1.29, 1.82) is 0 Å². The second-order valence-corrected chi connectivity index (χ2v) is 6.02. The molecule has 3 atom stereocenters. The van der Waals surface area contributed by atoms with E-state index in [-0.39, 0.29) is 4.32 Å². The third-order valence-corrected chi connectivity index (χ3v) is 4.99. The summed E-state index contributed by atoms with van der Waals surface area (Å²) in [4.78, 5) is 11.8. The second-order valence-electron chi connectivity index (χ2n) is 3.82. The molecule has 0 heterocycles. The highest BCUT2D eigenvalue weighted by atomic mass is 79.9. The maximum Gasteiger partial charge on any atom is 0.154 e. The van der Waals surface area contributed by atoms with Crippen LogP contribution in [0.2, 0.25) is 0 Å². The Hall–Kier alpha value is 0.370. The summed E-state index contributed by atoms with van der Waals surface area (Å²) in [5, 5.41) is 0.981. The lowest BCUT2D eigenvalue weighted by atomic mass is 9.63. The minimum Gasteiger partial charge on any atom is -0.298 e. The van der Waals surface area contributed by atoms with Gasteiger partial charge in [0.2, 0.25) is 0 Å². The zero-order chi connectivity index (χ0) is 9.47. The topological polar surface area (TPSA) is 17.1 Å². The molecule has 0 aromatic rings. The zero-order valence-electron chi connectivity index (χ0n) is 7.30. The first-order chi connectivity index (χ1) is 6.20. The summed E-state index contributed by atoms with van der Waals surface area (Å²) in [7, 11) is 0. The van der Waals surface area contributed by atoms with Crippen molar-refractivity contribution in [1.82, 2.24) is 0 Å². The highest BCUT2D eigenvalue weighted by Crippen LogP contribution is 2.54. The Morgan fingerprint density at radius 3 is 3.08 bits per heavy atom. The highest BCUT2D eigenvalue weighted by Gasteiger charge is 2.59. The average Bonchev–Trinajstić information content (AvgIpc) is 2.59. The van der Waals surface area contributed by atoms with E-state index in [4.69, 9.17) is 0 Å². The van der Waals surface area contributed by atoms with E-state index in [9.17, 15) is 4.79 Å². The first-order valence-corrected chi connectivity index (χ1v) is 6.57. The Bertz CT molecular complexity index is 262. The quantitative estimate of drug-likeness (QED) is 0.578. The number of carbonyl (C=O) groups excluding carboxylic acids is 1. The molecule has 1 saturated carbocycles. The van der Waals surface area contributed by atoms with Crippen LogP contribution in [0, 0.1) is 11.8 Å². The maximum atomic E-state index is 11.8. The van der Waals surface area contributed by atoms with Crippen molar-refractivity contribution >= 4 is 37.6 Å². The largest absolute Gasteiger partial charge is 0.298 e. The van der Waals surface area contributed by atoms with Crippen LogP contribution in [0.1, 0.15) is 19.3 Å². The molecule has 0 aromatic carbocycles. The Kier molecular flexibility index (Phi) is 2.67. The van der Waals surface area contributed by atoms with E-state index in [1.165, 1.54) is 0 Å². The Morgan fingerprint density at radius 1 is 1.62 bits per heavy atom. The van der Waals surface area contributed by atoms with E-state index < -0.39 is 0 Å². The molecule has 2 aliphatic rings. The maximum absolute atomic E-state index is 11.8. The van der Waals surface area contributed by atoms with Crippen LogP contribution >= 0.6 is 31.9 Å². The minimum atomic E-state index is -0.210. The molecule has 0 N–H and O–H groups in total. The summed E-state index contributed by atoms with van der Waals surface area (Å²) in [5.41, 5.74) is 0. The van der Waals surface area contributed by atoms with E-state index in [2.05, 4.69) is 44.0 Å². The van der Waals surface area contributed by atoms with Crippen LogP contribution in [0.4, 0.5) is 0 Å². The molecule has 0 aromatic heterocycles. The third-order valence-electron chi connectivity index (χ3n) is 3.12. The van der Waals surface area contributed by atoms with Crippen molar-refractivity contribution < 1.29 is 4.79 Å². The number of carbonyl (C=O) groups is 1. The number of hydrogen-bond donors (Lipinski definition) is 0. The molecule has 0 bridgehead atoms. The lowest BCUT2D eigenvalue weighted by Gasteiger charge is -2.46. The number of hydrogen-bond acceptors (Lipinski definition) is 1. The van der Waals surface area contributed by atoms with Gasteiger partial charge in [-0.3, -0.25) is 4.79 Å². The van der Waals surface area contributed by atoms with Gasteiger partial charge >= 0.3 is 0 Å². The number of allylic oxidation sites excluding steroid dienone is 2. The Labute approximate surface area is 95.2 Å². The molecule has 3 heteroatoms. The number of fused-ring (bicyclic) bond motifs is 1. The molecule has 13 heavy (non-hydrogen) atoms. The number of rotatable bonds is 3. The molecule has 0 amide bonds. The van der Waals surface area contributed by atoms with Gasteiger partial charge in [0.05, 0.1) is 4.32 Å². The van der Waals surface area contributed by atoms with Crippen molar-refractivity contribution in [3.63, 3.8) is 0 Å². The third kappa shape index (κ3) is 1.35. The molecular formula is C10H12Br2O. The molecule has 1 fully saturated rings. The van der Waals surface area contributed by atoms with E-state index in [0.29, 0.717) is 17.6 Å². The van der Waals surface area contributed by atoms with Crippen LogP contribution in [-0.4, -0.2) is 15.4 Å². The summed E-state index contributed by atoms with van der Waals surface area (Å²) in [5.74, 6) is 1.19. The van der Waals surface area contributed by atoms with Gasteiger partial charge in [-0.15, -0.1) is 0 Å². The lowest BCUT2D eigenvalue weighted by Crippen LogP contribution is -2.57. The predicted octanol–water partition coefficient (Wildman–Crippen LogP) is 3.07. The van der Waals surface area contributed by atoms with Gasteiger partial charge in [-0.25, -0.2) is 0 Å². The van der Waals surface area contributed by atoms with Crippen molar-refractivity contribution in [2.75, 3.05) is 5.33 Å². The summed E-state index contributed by atoms with van der Waals surface area (Å²) in [6.07, 6.45) is 7.33. The smallest absolute Gasteiger partial charge is 0.154 e. The number of Topliss-reactive ketones (excluding diaryl/α,β-unsaturated/α-hetero) is 1. The number of halogens is 2. The molecule has 0 radical (unpaired) electrons. The monoisotopic (exact) mass is 306 g/mol. The SMILES string of the molecule is O=C1[C@@H]2CC=C[C@@H]2[C@]1(Br)CCCBr. The average molecular weight is 308 g/mol. The Balaban J connectivity index is 2.06. The van der Waals surface area contributed by atoms with Gasteiger partial charge in [0.15, 0.2) is 5.78 Å². The molecule has 0 spiro atoms. The minimum absolute atomic E-state index is 0.210. The van der Waals surface area contributed by atoms with Gasteiger partial charge in [-0.1, -0.05) is 44.0 Å². The molecule has 0 aliphatic heterocycles. The highest BCUT2D eigenvalue weighted by molar-refractivity contribution is 9.10. The fourth-order valence-corrected chi connectivity index (χ4v) is 3.71.